The van der Waals surface area contributed by atoms with Gasteiger partial charge in [0.15, 0.2) is 0 Å². The second-order valence-electron chi connectivity index (χ2n) is 3.29. The number of rotatable bonds is 1. The maximum absolute atomic E-state index is 12.9. The van der Waals surface area contributed by atoms with E-state index in [1.54, 1.807) is 0 Å². The van der Waals surface area contributed by atoms with E-state index in [1.807, 2.05) is 5.10 Å². The van der Waals surface area contributed by atoms with Gasteiger partial charge in [-0.1, -0.05) is 11.6 Å². The Labute approximate surface area is 98.2 Å². The van der Waals surface area contributed by atoms with Gasteiger partial charge in [-0.3, -0.25) is 5.10 Å². The number of H-pyrrole nitrogens is 1. The Hall–Kier alpha value is -1.56. The van der Waals surface area contributed by atoms with Gasteiger partial charge in [-0.15, -0.1) is 0 Å². The molecule has 0 saturated heterocycles. The molecule has 0 aliphatic carbocycles. The zero-order valence-corrected chi connectivity index (χ0v) is 8.90. The van der Waals surface area contributed by atoms with E-state index in [2.05, 4.69) is 5.10 Å². The molecule has 0 aliphatic heterocycles. The molecule has 1 aromatic carbocycles. The van der Waals surface area contributed by atoms with Crippen molar-refractivity contribution in [1.29, 1.82) is 0 Å². The monoisotopic (exact) mass is 264 g/mol. The van der Waals surface area contributed by atoms with Gasteiger partial charge in [0.05, 0.1) is 10.7 Å². The third-order valence-electron chi connectivity index (χ3n) is 2.10. The number of hydrogen-bond donors (Lipinski definition) is 1. The van der Waals surface area contributed by atoms with E-state index >= 15 is 0 Å². The van der Waals surface area contributed by atoms with Gasteiger partial charge in [0, 0.05) is 5.56 Å². The van der Waals surface area contributed by atoms with Crippen LogP contribution in [0.3, 0.4) is 0 Å². The molecule has 0 saturated carbocycles. The molecule has 0 spiro atoms. The maximum atomic E-state index is 12.9. The van der Waals surface area contributed by atoms with Crippen LogP contribution in [0.5, 0.6) is 0 Å². The smallest absolute Gasteiger partial charge is 0.273 e. The van der Waals surface area contributed by atoms with E-state index < -0.39 is 17.7 Å². The first-order valence-corrected chi connectivity index (χ1v) is 4.84. The number of nitrogens with one attached hydrogen (secondary N) is 1. The summed E-state index contributed by atoms with van der Waals surface area (Å²) in [5.41, 5.74) is -0.602. The predicted molar refractivity (Wildman–Crippen MR) is 54.0 cm³/mol. The van der Waals surface area contributed by atoms with E-state index in [-0.39, 0.29) is 10.7 Å². The molecule has 2 aromatic rings. The van der Waals surface area contributed by atoms with Crippen molar-refractivity contribution in [1.82, 2.24) is 10.2 Å². The van der Waals surface area contributed by atoms with E-state index in [9.17, 15) is 17.6 Å². The molecule has 0 aliphatic rings. The summed E-state index contributed by atoms with van der Waals surface area (Å²) in [5, 5.41) is 5.20. The first-order valence-electron chi connectivity index (χ1n) is 4.46. The number of aromatic nitrogens is 2. The molecule has 1 aromatic heterocycles. The molecule has 7 heteroatoms. The topological polar surface area (TPSA) is 28.7 Å². The van der Waals surface area contributed by atoms with Crippen molar-refractivity contribution in [3.63, 3.8) is 0 Å². The number of hydrogen-bond acceptors (Lipinski definition) is 1. The second-order valence-corrected chi connectivity index (χ2v) is 3.70. The first kappa shape index (κ1) is 11.9. The highest BCUT2D eigenvalue weighted by Crippen LogP contribution is 2.31. The average molecular weight is 265 g/mol. The van der Waals surface area contributed by atoms with Crippen LogP contribution in [0.2, 0.25) is 5.02 Å². The van der Waals surface area contributed by atoms with Gasteiger partial charge < -0.3 is 0 Å². The van der Waals surface area contributed by atoms with E-state index in [0.717, 1.165) is 12.1 Å². The van der Waals surface area contributed by atoms with Crippen molar-refractivity contribution in [3.05, 3.63) is 40.8 Å². The molecule has 0 atom stereocenters. The van der Waals surface area contributed by atoms with Gasteiger partial charge in [-0.25, -0.2) is 4.39 Å². The molecule has 1 N–H and O–H groups in total. The second kappa shape index (κ2) is 4.03. The van der Waals surface area contributed by atoms with Gasteiger partial charge >= 0.3 is 6.18 Å². The van der Waals surface area contributed by atoms with E-state index in [4.69, 9.17) is 11.6 Å². The minimum atomic E-state index is -4.49. The zero-order valence-electron chi connectivity index (χ0n) is 8.15. The number of aromatic amines is 1. The highest BCUT2D eigenvalue weighted by Gasteiger charge is 2.33. The average Bonchev–Trinajstić information content (AvgIpc) is 2.70. The number of alkyl halides is 3. The van der Waals surface area contributed by atoms with Crippen LogP contribution in [0.1, 0.15) is 5.69 Å². The molecule has 0 amide bonds. The van der Waals surface area contributed by atoms with Crippen LogP contribution in [0.15, 0.2) is 24.3 Å². The Morgan fingerprint density at radius 3 is 2.41 bits per heavy atom. The summed E-state index contributed by atoms with van der Waals surface area (Å²) >= 11 is 5.53. The van der Waals surface area contributed by atoms with Crippen LogP contribution in [0.4, 0.5) is 17.6 Å². The summed E-state index contributed by atoms with van der Waals surface area (Å²) < 4.78 is 49.8. The van der Waals surface area contributed by atoms with Crippen molar-refractivity contribution in [2.24, 2.45) is 0 Å². The molecule has 0 radical (unpaired) electrons. The summed E-state index contributed by atoms with van der Waals surface area (Å²) in [5.74, 6) is -0.637. The van der Waals surface area contributed by atoms with Crippen molar-refractivity contribution < 1.29 is 17.6 Å². The lowest BCUT2D eigenvalue weighted by Crippen LogP contribution is -2.04. The van der Waals surface area contributed by atoms with Gasteiger partial charge in [0.25, 0.3) is 0 Å². The molecule has 17 heavy (non-hydrogen) atoms. The van der Waals surface area contributed by atoms with E-state index in [1.165, 1.54) is 12.1 Å². The van der Waals surface area contributed by atoms with E-state index in [0.29, 0.717) is 5.56 Å². The minimum absolute atomic E-state index is 0.0548. The SMILES string of the molecule is Fc1ccc(-c2cc(C(F)(F)F)[nH]n2)cc1Cl. The molecular weight excluding hydrogens is 260 g/mol. The lowest BCUT2D eigenvalue weighted by Gasteiger charge is -2.00. The summed E-state index contributed by atoms with van der Waals surface area (Å²) in [6.07, 6.45) is -4.49. The fourth-order valence-corrected chi connectivity index (χ4v) is 1.45. The van der Waals surface area contributed by atoms with Crippen LogP contribution in [0, 0.1) is 5.82 Å². The Balaban J connectivity index is 2.40. The molecule has 2 nitrogen and oxygen atoms in total. The quantitative estimate of drug-likeness (QED) is 0.778. The summed E-state index contributed by atoms with van der Waals surface area (Å²) in [6.45, 7) is 0. The molecule has 1 heterocycles. The number of halogens is 5. The zero-order chi connectivity index (χ0) is 12.6. The van der Waals surface area contributed by atoms with Crippen LogP contribution < -0.4 is 0 Å². The van der Waals surface area contributed by atoms with Crippen molar-refractivity contribution in [2.45, 2.75) is 6.18 Å². The fourth-order valence-electron chi connectivity index (χ4n) is 1.27. The maximum Gasteiger partial charge on any atom is 0.432 e. The first-order chi connectivity index (χ1) is 7.88. The lowest BCUT2D eigenvalue weighted by molar-refractivity contribution is -0.141. The standard InChI is InChI=1S/C10H5ClF4N2/c11-6-3-5(1-2-7(6)12)8-4-9(17-16-8)10(13,14)15/h1-4H,(H,16,17). The van der Waals surface area contributed by atoms with Gasteiger partial charge in [0.2, 0.25) is 0 Å². The Kier molecular flexibility index (Phi) is 2.82. The minimum Gasteiger partial charge on any atom is -0.273 e. The Bertz CT molecular complexity index is 547. The third kappa shape index (κ3) is 2.41. The molecule has 0 unspecified atom stereocenters. The van der Waals surface area contributed by atoms with Crippen LogP contribution in [0.25, 0.3) is 11.3 Å². The van der Waals surface area contributed by atoms with Crippen LogP contribution in [-0.4, -0.2) is 10.2 Å². The van der Waals surface area contributed by atoms with Crippen LogP contribution >= 0.6 is 11.6 Å². The molecular formula is C10H5ClF4N2. The lowest BCUT2D eigenvalue weighted by atomic mass is 10.1. The van der Waals surface area contributed by atoms with Gasteiger partial charge in [-0.2, -0.15) is 18.3 Å². The largest absolute Gasteiger partial charge is 0.432 e. The number of benzene rings is 1. The molecule has 90 valence electrons. The van der Waals surface area contributed by atoms with Gasteiger partial charge in [0.1, 0.15) is 11.5 Å². The van der Waals surface area contributed by atoms with Crippen molar-refractivity contribution >= 4 is 11.6 Å². The fraction of sp³-hybridized carbons (Fsp3) is 0.100. The molecule has 0 fully saturated rings. The highest BCUT2D eigenvalue weighted by atomic mass is 35.5. The van der Waals surface area contributed by atoms with Crippen molar-refractivity contribution in [3.8, 4) is 11.3 Å². The van der Waals surface area contributed by atoms with Crippen LogP contribution in [-0.2, 0) is 6.18 Å². The Morgan fingerprint density at radius 1 is 1.18 bits per heavy atom. The summed E-state index contributed by atoms with van der Waals surface area (Å²) in [6, 6.07) is 4.42. The molecule has 2 rings (SSSR count). The normalized spacial score (nSPS) is 11.8. The summed E-state index contributed by atoms with van der Waals surface area (Å²) in [4.78, 5) is 0. The third-order valence-corrected chi connectivity index (χ3v) is 2.39. The summed E-state index contributed by atoms with van der Waals surface area (Å²) in [7, 11) is 0. The molecule has 0 bridgehead atoms. The Morgan fingerprint density at radius 2 is 1.88 bits per heavy atom. The number of nitrogens with zero attached hydrogens (tertiary/aromatic N) is 1. The van der Waals surface area contributed by atoms with Gasteiger partial charge in [-0.05, 0) is 24.3 Å². The highest BCUT2D eigenvalue weighted by molar-refractivity contribution is 6.31. The predicted octanol–water partition coefficient (Wildman–Crippen LogP) is 3.89. The van der Waals surface area contributed by atoms with Crippen molar-refractivity contribution in [2.75, 3.05) is 0 Å².